The van der Waals surface area contributed by atoms with Gasteiger partial charge in [0.15, 0.2) is 6.10 Å². The Morgan fingerprint density at radius 1 is 0.951 bits per heavy atom. The third-order valence-corrected chi connectivity index (χ3v) is 9.39. The van der Waals surface area contributed by atoms with Crippen molar-refractivity contribution in [2.75, 3.05) is 37.2 Å². The minimum absolute atomic E-state index is 0.124. The number of carbonyl (C=O) groups excluding carboxylic acids is 1. The summed E-state index contributed by atoms with van der Waals surface area (Å²) < 4.78 is 40.6. The molecule has 8 nitrogen and oxygen atoms in total. The zero-order valence-electron chi connectivity index (χ0n) is 24.2. The Morgan fingerprint density at radius 2 is 1.61 bits per heavy atom. The fourth-order valence-corrected chi connectivity index (χ4v) is 6.47. The molecule has 3 aromatic rings. The van der Waals surface area contributed by atoms with E-state index in [-0.39, 0.29) is 22.8 Å². The van der Waals surface area contributed by atoms with E-state index in [2.05, 4.69) is 43.1 Å². The van der Waals surface area contributed by atoms with Crippen molar-refractivity contribution in [3.63, 3.8) is 0 Å². The number of sulfonamides is 1. The maximum atomic E-state index is 13.9. The molecule has 2 aliphatic rings. The van der Waals surface area contributed by atoms with Gasteiger partial charge >= 0.3 is 0 Å². The Labute approximate surface area is 243 Å². The lowest BCUT2D eigenvalue weighted by molar-refractivity contribution is -0.127. The number of rotatable bonds is 7. The van der Waals surface area contributed by atoms with Crippen molar-refractivity contribution in [2.45, 2.75) is 57.2 Å². The molecular weight excluding hydrogens is 538 g/mol. The second-order valence-electron chi connectivity index (χ2n) is 11.8. The summed E-state index contributed by atoms with van der Waals surface area (Å²) in [6.45, 7) is 12.6. The number of anilines is 1. The fraction of sp³-hybridized carbons (Fsp3) is 0.406. The molecule has 2 aliphatic heterocycles. The van der Waals surface area contributed by atoms with Crippen molar-refractivity contribution in [3.8, 4) is 5.75 Å². The van der Waals surface area contributed by atoms with Crippen molar-refractivity contribution < 1.29 is 22.7 Å². The maximum absolute atomic E-state index is 13.9. The molecule has 2 heterocycles. The maximum Gasteiger partial charge on any atom is 0.264 e. The molecule has 0 aliphatic carbocycles. The first-order valence-electron chi connectivity index (χ1n) is 14.1. The van der Waals surface area contributed by atoms with Crippen LogP contribution in [0.3, 0.4) is 0 Å². The van der Waals surface area contributed by atoms with E-state index >= 15 is 0 Å². The zero-order chi connectivity index (χ0) is 29.2. The standard InChI is InChI=1S/C32H39N3O5S/c1-23-5-12-27(13-6-23)41(37,38)35-22-30(40-29-14-11-26(19-28(29)35)32(2,3)4)31(36)33-20-24-7-9-25(10-8-24)21-34-15-17-39-18-16-34/h5-14,19,30H,15-18,20-22H2,1-4H3,(H,33,36)/t30-/m1/s1. The van der Waals surface area contributed by atoms with Gasteiger partial charge in [-0.1, -0.05) is 68.8 Å². The van der Waals surface area contributed by atoms with E-state index in [1.165, 1.54) is 9.87 Å². The first-order valence-corrected chi connectivity index (χ1v) is 15.5. The van der Waals surface area contributed by atoms with Crippen LogP contribution in [0.25, 0.3) is 0 Å². The van der Waals surface area contributed by atoms with Gasteiger partial charge in [0, 0.05) is 26.2 Å². The molecule has 1 atom stereocenters. The molecule has 0 saturated carbocycles. The van der Waals surface area contributed by atoms with Crippen LogP contribution in [0.2, 0.25) is 0 Å². The molecule has 1 N–H and O–H groups in total. The summed E-state index contributed by atoms with van der Waals surface area (Å²) in [4.78, 5) is 15.8. The summed E-state index contributed by atoms with van der Waals surface area (Å²) in [6.07, 6.45) is -0.996. The Hall–Kier alpha value is -3.40. The molecule has 0 bridgehead atoms. The number of nitrogens with zero attached hydrogens (tertiary/aromatic N) is 2. The zero-order valence-corrected chi connectivity index (χ0v) is 25.0. The van der Waals surface area contributed by atoms with Gasteiger partial charge in [-0.15, -0.1) is 0 Å². The molecule has 5 rings (SSSR count). The quantitative estimate of drug-likeness (QED) is 0.448. The minimum Gasteiger partial charge on any atom is -0.476 e. The summed E-state index contributed by atoms with van der Waals surface area (Å²) in [6, 6.07) is 20.5. The van der Waals surface area contributed by atoms with E-state index in [0.717, 1.165) is 49.5 Å². The van der Waals surface area contributed by atoms with E-state index in [1.54, 1.807) is 30.3 Å². The molecule has 1 fully saturated rings. The van der Waals surface area contributed by atoms with Crippen molar-refractivity contribution in [3.05, 3.63) is 89.0 Å². The van der Waals surface area contributed by atoms with Crippen LogP contribution in [0, 0.1) is 6.92 Å². The van der Waals surface area contributed by atoms with Crippen LogP contribution in [0.4, 0.5) is 5.69 Å². The number of fused-ring (bicyclic) bond motifs is 1. The van der Waals surface area contributed by atoms with E-state index in [4.69, 9.17) is 9.47 Å². The Kier molecular flexibility index (Phi) is 8.40. The lowest BCUT2D eigenvalue weighted by atomic mass is 9.86. The van der Waals surface area contributed by atoms with Gasteiger partial charge in [0.1, 0.15) is 5.75 Å². The molecule has 3 aromatic carbocycles. The van der Waals surface area contributed by atoms with Crippen molar-refractivity contribution in [2.24, 2.45) is 0 Å². The fourth-order valence-electron chi connectivity index (χ4n) is 5.00. The molecular formula is C32H39N3O5S. The lowest BCUT2D eigenvalue weighted by Crippen LogP contribution is -2.50. The van der Waals surface area contributed by atoms with Gasteiger partial charge < -0.3 is 14.8 Å². The van der Waals surface area contributed by atoms with Crippen LogP contribution in [0.1, 0.15) is 43.0 Å². The summed E-state index contributed by atoms with van der Waals surface area (Å²) in [7, 11) is -3.94. The van der Waals surface area contributed by atoms with Crippen molar-refractivity contribution in [1.29, 1.82) is 0 Å². The highest BCUT2D eigenvalue weighted by Crippen LogP contribution is 2.40. The van der Waals surface area contributed by atoms with Gasteiger partial charge in [-0.05, 0) is 53.3 Å². The molecule has 41 heavy (non-hydrogen) atoms. The molecule has 0 aromatic heterocycles. The topological polar surface area (TPSA) is 88.2 Å². The van der Waals surface area contributed by atoms with Gasteiger partial charge in [-0.2, -0.15) is 0 Å². The monoisotopic (exact) mass is 577 g/mol. The third kappa shape index (κ3) is 6.74. The van der Waals surface area contributed by atoms with Gasteiger partial charge in [0.2, 0.25) is 0 Å². The number of benzene rings is 3. The molecule has 1 amide bonds. The molecule has 1 saturated heterocycles. The number of hydrogen-bond acceptors (Lipinski definition) is 6. The number of morpholine rings is 1. The summed E-state index contributed by atoms with van der Waals surface area (Å²) in [5.41, 5.74) is 4.36. The predicted molar refractivity (Wildman–Crippen MR) is 160 cm³/mol. The smallest absolute Gasteiger partial charge is 0.264 e. The third-order valence-electron chi connectivity index (χ3n) is 7.60. The van der Waals surface area contributed by atoms with Gasteiger partial charge in [0.05, 0.1) is 30.3 Å². The highest BCUT2D eigenvalue weighted by atomic mass is 32.2. The van der Waals surface area contributed by atoms with E-state index < -0.39 is 16.1 Å². The summed E-state index contributed by atoms with van der Waals surface area (Å²) in [5, 5.41) is 2.94. The number of carbonyl (C=O) groups is 1. The normalized spacial score (nSPS) is 18.0. The number of hydrogen-bond donors (Lipinski definition) is 1. The summed E-state index contributed by atoms with van der Waals surface area (Å²) >= 11 is 0. The Morgan fingerprint density at radius 3 is 2.27 bits per heavy atom. The highest BCUT2D eigenvalue weighted by Gasteiger charge is 2.38. The molecule has 9 heteroatoms. The van der Waals surface area contributed by atoms with Gasteiger partial charge in [-0.3, -0.25) is 14.0 Å². The lowest BCUT2D eigenvalue weighted by Gasteiger charge is -2.36. The van der Waals surface area contributed by atoms with Gasteiger partial charge in [0.25, 0.3) is 15.9 Å². The van der Waals surface area contributed by atoms with Crippen molar-refractivity contribution >= 4 is 21.6 Å². The minimum atomic E-state index is -3.94. The van der Waals surface area contributed by atoms with Crippen molar-refractivity contribution in [1.82, 2.24) is 10.2 Å². The molecule has 0 spiro atoms. The van der Waals surface area contributed by atoms with Crippen LogP contribution in [0.5, 0.6) is 5.75 Å². The van der Waals surface area contributed by atoms with Crippen LogP contribution in [-0.4, -0.2) is 58.2 Å². The average Bonchev–Trinajstić information content (AvgIpc) is 2.96. The molecule has 218 valence electrons. The van der Waals surface area contributed by atoms with Crippen LogP contribution in [-0.2, 0) is 38.1 Å². The largest absolute Gasteiger partial charge is 0.476 e. The Balaban J connectivity index is 1.33. The average molecular weight is 578 g/mol. The highest BCUT2D eigenvalue weighted by molar-refractivity contribution is 7.92. The predicted octanol–water partition coefficient (Wildman–Crippen LogP) is 4.40. The second-order valence-corrected chi connectivity index (χ2v) is 13.7. The number of nitrogens with one attached hydrogen (secondary N) is 1. The molecule has 0 radical (unpaired) electrons. The van der Waals surface area contributed by atoms with E-state index in [9.17, 15) is 13.2 Å². The Bertz CT molecular complexity index is 1480. The SMILES string of the molecule is Cc1ccc(S(=O)(=O)N2C[C@H](C(=O)NCc3ccc(CN4CCOCC4)cc3)Oc3ccc(C(C)(C)C)cc32)cc1. The second kappa shape index (κ2) is 11.8. The van der Waals surface area contributed by atoms with Crippen LogP contribution >= 0.6 is 0 Å². The number of aryl methyl sites for hydroxylation is 1. The van der Waals surface area contributed by atoms with Crippen LogP contribution in [0.15, 0.2) is 71.6 Å². The first kappa shape index (κ1) is 29.1. The number of ether oxygens (including phenoxy) is 2. The first-order chi connectivity index (χ1) is 19.5. The molecule has 0 unspecified atom stereocenters. The van der Waals surface area contributed by atoms with Crippen LogP contribution < -0.4 is 14.4 Å². The van der Waals surface area contributed by atoms with E-state index in [0.29, 0.717) is 18.0 Å². The van der Waals surface area contributed by atoms with E-state index in [1.807, 2.05) is 31.2 Å². The summed E-state index contributed by atoms with van der Waals surface area (Å²) in [5.74, 6) is 0.00426. The number of amides is 1. The van der Waals surface area contributed by atoms with Gasteiger partial charge in [-0.25, -0.2) is 8.42 Å².